The maximum atomic E-state index is 2.40. The van der Waals surface area contributed by atoms with Gasteiger partial charge in [-0.25, -0.2) is 0 Å². The Labute approximate surface area is 115 Å². The molecule has 1 heteroatoms. The zero-order valence-electron chi connectivity index (χ0n) is 13.5. The quantitative estimate of drug-likeness (QED) is 0.664. The maximum absolute atomic E-state index is 2.40. The molecule has 1 nitrogen and oxygen atoms in total. The predicted molar refractivity (Wildman–Crippen MR) is 85.3 cm³/mol. The van der Waals surface area contributed by atoms with Crippen LogP contribution >= 0.6 is 0 Å². The summed E-state index contributed by atoms with van der Waals surface area (Å²) in [5.74, 6) is 0.774. The lowest BCUT2D eigenvalue weighted by Gasteiger charge is -2.09. The van der Waals surface area contributed by atoms with Gasteiger partial charge in [0.15, 0.2) is 0 Å². The molecule has 0 amide bonds. The Morgan fingerprint density at radius 1 is 0.889 bits per heavy atom. The summed E-state index contributed by atoms with van der Waals surface area (Å²) in [5.41, 5.74) is 1.50. The number of likely N-dealkylation sites (N-methyl/N-ethyl adjacent to an activating group) is 1. The third kappa shape index (κ3) is 7.50. The lowest BCUT2D eigenvalue weighted by molar-refractivity contribution is 0.411. The molecule has 1 aliphatic heterocycles. The van der Waals surface area contributed by atoms with Crippen molar-refractivity contribution in [3.8, 4) is 0 Å². The highest BCUT2D eigenvalue weighted by Gasteiger charge is 2.20. The largest absolute Gasteiger partial charge is 0.306 e. The molecule has 0 aromatic heterocycles. The lowest BCUT2D eigenvalue weighted by atomic mass is 9.99. The molecule has 1 unspecified atom stereocenters. The summed E-state index contributed by atoms with van der Waals surface area (Å²) in [7, 11) is 2.20. The van der Waals surface area contributed by atoms with Crippen LogP contribution in [-0.2, 0) is 0 Å². The molecule has 1 aliphatic rings. The van der Waals surface area contributed by atoms with Crippen LogP contribution in [0, 0.1) is 0 Å². The predicted octanol–water partition coefficient (Wildman–Crippen LogP) is 5.18. The summed E-state index contributed by atoms with van der Waals surface area (Å²) >= 11 is 0. The molecule has 0 spiro atoms. The SMILES string of the molecule is CC.CC.CC.CN1CCC(c2ccccc2)C1. The fraction of sp³-hybridized carbons (Fsp3) is 0.647. The first-order valence-corrected chi connectivity index (χ1v) is 7.60. The van der Waals surface area contributed by atoms with Gasteiger partial charge in [-0.2, -0.15) is 0 Å². The van der Waals surface area contributed by atoms with E-state index in [2.05, 4.69) is 42.3 Å². The molecule has 0 radical (unpaired) electrons. The van der Waals surface area contributed by atoms with Gasteiger partial charge in [0.05, 0.1) is 0 Å². The first-order chi connectivity index (χ1) is 8.86. The van der Waals surface area contributed by atoms with E-state index in [1.54, 1.807) is 0 Å². The summed E-state index contributed by atoms with van der Waals surface area (Å²) < 4.78 is 0. The van der Waals surface area contributed by atoms with Crippen LogP contribution in [0.5, 0.6) is 0 Å². The van der Waals surface area contributed by atoms with Gasteiger partial charge >= 0.3 is 0 Å². The molecule has 18 heavy (non-hydrogen) atoms. The Bertz CT molecular complexity index is 243. The van der Waals surface area contributed by atoms with Crippen LogP contribution in [0.2, 0.25) is 0 Å². The van der Waals surface area contributed by atoms with E-state index in [0.717, 1.165) is 5.92 Å². The van der Waals surface area contributed by atoms with Crippen LogP contribution in [0.15, 0.2) is 30.3 Å². The molecule has 2 rings (SSSR count). The van der Waals surface area contributed by atoms with Gasteiger partial charge in [0.1, 0.15) is 0 Å². The molecule has 0 N–H and O–H groups in total. The van der Waals surface area contributed by atoms with Crippen LogP contribution < -0.4 is 0 Å². The second-order valence-corrected chi connectivity index (χ2v) is 3.66. The Kier molecular flexibility index (Phi) is 15.4. The third-order valence-corrected chi connectivity index (χ3v) is 2.66. The molecule has 1 fully saturated rings. The Balaban J connectivity index is 0. The van der Waals surface area contributed by atoms with Crippen molar-refractivity contribution in [2.45, 2.75) is 53.9 Å². The summed E-state index contributed by atoms with van der Waals surface area (Å²) in [6.45, 7) is 14.5. The minimum absolute atomic E-state index is 0.774. The van der Waals surface area contributed by atoms with E-state index in [-0.39, 0.29) is 0 Å². The number of hydrogen-bond acceptors (Lipinski definition) is 1. The van der Waals surface area contributed by atoms with E-state index >= 15 is 0 Å². The number of rotatable bonds is 1. The highest BCUT2D eigenvalue weighted by atomic mass is 15.1. The molecule has 0 aliphatic carbocycles. The third-order valence-electron chi connectivity index (χ3n) is 2.66. The topological polar surface area (TPSA) is 3.24 Å². The standard InChI is InChI=1S/C11H15N.3C2H6/c1-12-8-7-11(9-12)10-5-3-2-4-6-10;3*1-2/h2-6,11H,7-9H2,1H3;3*1-2H3. The van der Waals surface area contributed by atoms with Gasteiger partial charge in [0, 0.05) is 6.54 Å². The highest BCUT2D eigenvalue weighted by Crippen LogP contribution is 2.25. The van der Waals surface area contributed by atoms with E-state index in [1.807, 2.05) is 41.5 Å². The molecular weight excluding hydrogens is 218 g/mol. The molecule has 1 saturated heterocycles. The van der Waals surface area contributed by atoms with Crippen LogP contribution in [-0.4, -0.2) is 25.0 Å². The lowest BCUT2D eigenvalue weighted by Crippen LogP contribution is -2.13. The summed E-state index contributed by atoms with van der Waals surface area (Å²) in [6.07, 6.45) is 1.32. The van der Waals surface area contributed by atoms with Crippen LogP contribution in [0.1, 0.15) is 59.4 Å². The Morgan fingerprint density at radius 2 is 1.39 bits per heavy atom. The molecule has 1 heterocycles. The van der Waals surface area contributed by atoms with Crippen LogP contribution in [0.25, 0.3) is 0 Å². The van der Waals surface area contributed by atoms with Gasteiger partial charge in [-0.1, -0.05) is 71.9 Å². The summed E-state index contributed by atoms with van der Waals surface area (Å²) in [5, 5.41) is 0. The van der Waals surface area contributed by atoms with Gasteiger partial charge in [-0.05, 0) is 31.5 Å². The minimum atomic E-state index is 0.774. The minimum Gasteiger partial charge on any atom is -0.306 e. The fourth-order valence-electron chi connectivity index (χ4n) is 1.93. The van der Waals surface area contributed by atoms with Crippen molar-refractivity contribution in [1.82, 2.24) is 4.90 Å². The van der Waals surface area contributed by atoms with Crippen molar-refractivity contribution in [3.63, 3.8) is 0 Å². The van der Waals surface area contributed by atoms with Gasteiger partial charge in [-0.15, -0.1) is 0 Å². The Hall–Kier alpha value is -0.820. The highest BCUT2D eigenvalue weighted by molar-refractivity contribution is 5.20. The van der Waals surface area contributed by atoms with Crippen molar-refractivity contribution in [2.75, 3.05) is 20.1 Å². The first-order valence-electron chi connectivity index (χ1n) is 7.60. The average Bonchev–Trinajstić information content (AvgIpc) is 2.93. The molecule has 1 aromatic carbocycles. The fourth-order valence-corrected chi connectivity index (χ4v) is 1.93. The second kappa shape index (κ2) is 14.2. The smallest absolute Gasteiger partial charge is 0.00477 e. The number of likely N-dealkylation sites (tertiary alicyclic amines) is 1. The van der Waals surface area contributed by atoms with Crippen molar-refractivity contribution in [1.29, 1.82) is 0 Å². The molecule has 1 aromatic rings. The molecule has 1 atom stereocenters. The average molecular weight is 251 g/mol. The van der Waals surface area contributed by atoms with E-state index in [9.17, 15) is 0 Å². The summed E-state index contributed by atoms with van der Waals surface area (Å²) in [4.78, 5) is 2.40. The van der Waals surface area contributed by atoms with E-state index in [0.29, 0.717) is 0 Å². The van der Waals surface area contributed by atoms with Crippen molar-refractivity contribution < 1.29 is 0 Å². The van der Waals surface area contributed by atoms with E-state index in [1.165, 1.54) is 25.1 Å². The molecule has 0 saturated carbocycles. The number of benzene rings is 1. The van der Waals surface area contributed by atoms with Crippen LogP contribution in [0.4, 0.5) is 0 Å². The second-order valence-electron chi connectivity index (χ2n) is 3.66. The normalized spacial score (nSPS) is 17.4. The number of nitrogens with zero attached hydrogens (tertiary/aromatic N) is 1. The Morgan fingerprint density at radius 3 is 1.78 bits per heavy atom. The van der Waals surface area contributed by atoms with Crippen molar-refractivity contribution in [2.24, 2.45) is 0 Å². The van der Waals surface area contributed by atoms with Crippen molar-refractivity contribution in [3.05, 3.63) is 35.9 Å². The van der Waals surface area contributed by atoms with E-state index in [4.69, 9.17) is 0 Å². The maximum Gasteiger partial charge on any atom is 0.00477 e. The van der Waals surface area contributed by atoms with Gasteiger partial charge in [-0.3, -0.25) is 0 Å². The molecule has 0 bridgehead atoms. The zero-order valence-corrected chi connectivity index (χ0v) is 13.5. The van der Waals surface area contributed by atoms with Gasteiger partial charge < -0.3 is 4.90 Å². The summed E-state index contributed by atoms with van der Waals surface area (Å²) in [6, 6.07) is 10.8. The number of hydrogen-bond donors (Lipinski definition) is 0. The zero-order chi connectivity index (χ0) is 14.4. The van der Waals surface area contributed by atoms with E-state index < -0.39 is 0 Å². The van der Waals surface area contributed by atoms with Crippen LogP contribution in [0.3, 0.4) is 0 Å². The molecule has 106 valence electrons. The monoisotopic (exact) mass is 251 g/mol. The van der Waals surface area contributed by atoms with Gasteiger partial charge in [0.2, 0.25) is 0 Å². The van der Waals surface area contributed by atoms with Gasteiger partial charge in [0.25, 0.3) is 0 Å². The molecular formula is C17H33N. The first kappa shape index (κ1) is 19.5. The van der Waals surface area contributed by atoms with Crippen molar-refractivity contribution >= 4 is 0 Å².